The lowest BCUT2D eigenvalue weighted by atomic mass is 10.1. The number of rotatable bonds is 9. The molecule has 1 aromatic heterocycles. The van der Waals surface area contributed by atoms with E-state index in [0.717, 1.165) is 20.3 Å². The van der Waals surface area contributed by atoms with Gasteiger partial charge in [-0.15, -0.1) is 0 Å². The van der Waals surface area contributed by atoms with Crippen LogP contribution in [0.1, 0.15) is 28.7 Å². The largest absolute Gasteiger partial charge is 0.352 e. The molecule has 13 heteroatoms. The predicted molar refractivity (Wildman–Crippen MR) is 145 cm³/mol. The van der Waals surface area contributed by atoms with E-state index in [1.54, 1.807) is 34.9 Å². The summed E-state index contributed by atoms with van der Waals surface area (Å²) >= 11 is 5.12. The molecular formula is C23H25N2O6S5+. The summed E-state index contributed by atoms with van der Waals surface area (Å²) in [4.78, 5) is 3.44. The van der Waals surface area contributed by atoms with Gasteiger partial charge in [-0.1, -0.05) is 65.2 Å². The molecule has 8 nitrogen and oxygen atoms in total. The Kier molecular flexibility index (Phi) is 7.42. The number of nitrogens with zero attached hydrogens (tertiary/aromatic N) is 2. The summed E-state index contributed by atoms with van der Waals surface area (Å²) in [7, 11) is -8.09. The SMILES string of the molecule is O=S(=O)(O)CCCN1C(=Cc2sc3ccccc3[n+]2CCCS(=O)(=O)O)SC2c3ccccc3SC21. The van der Waals surface area contributed by atoms with Crippen LogP contribution in [0.2, 0.25) is 0 Å². The van der Waals surface area contributed by atoms with Crippen LogP contribution < -0.4 is 4.57 Å². The Bertz CT molecular complexity index is 1530. The molecule has 3 heterocycles. The molecule has 2 aliphatic rings. The topological polar surface area (TPSA) is 116 Å². The van der Waals surface area contributed by atoms with Gasteiger partial charge in [0.25, 0.3) is 25.2 Å². The molecule has 2 aromatic carbocycles. The Labute approximate surface area is 222 Å². The lowest BCUT2D eigenvalue weighted by Gasteiger charge is -2.25. The molecule has 0 aliphatic carbocycles. The van der Waals surface area contributed by atoms with Gasteiger partial charge in [0.15, 0.2) is 6.54 Å². The summed E-state index contributed by atoms with van der Waals surface area (Å²) in [5.74, 6) is -0.608. The number of fused-ring (bicyclic) bond motifs is 4. The monoisotopic (exact) mass is 585 g/mol. The van der Waals surface area contributed by atoms with Crippen molar-refractivity contribution >= 4 is 71.4 Å². The normalized spacial score (nSPS) is 20.8. The van der Waals surface area contributed by atoms with Crippen LogP contribution >= 0.6 is 34.9 Å². The lowest BCUT2D eigenvalue weighted by Crippen LogP contribution is -2.36. The van der Waals surface area contributed by atoms with Crippen molar-refractivity contribution in [2.24, 2.45) is 0 Å². The minimum absolute atomic E-state index is 0.113. The van der Waals surface area contributed by atoms with Crippen molar-refractivity contribution in [3.63, 3.8) is 0 Å². The first kappa shape index (κ1) is 26.0. The van der Waals surface area contributed by atoms with Crippen molar-refractivity contribution < 1.29 is 30.5 Å². The Balaban J connectivity index is 1.49. The van der Waals surface area contributed by atoms with E-state index in [1.807, 2.05) is 36.4 Å². The van der Waals surface area contributed by atoms with Crippen LogP contribution in [0.15, 0.2) is 58.5 Å². The fourth-order valence-corrected chi connectivity index (χ4v) is 9.92. The Morgan fingerprint density at radius 3 is 2.39 bits per heavy atom. The van der Waals surface area contributed by atoms with Crippen LogP contribution in [-0.4, -0.2) is 54.3 Å². The molecule has 3 aromatic rings. The maximum Gasteiger partial charge on any atom is 0.265 e. The first-order chi connectivity index (χ1) is 17.1. The van der Waals surface area contributed by atoms with Gasteiger partial charge in [-0.25, -0.2) is 0 Å². The van der Waals surface area contributed by atoms with Crippen LogP contribution in [0.25, 0.3) is 16.3 Å². The zero-order chi connectivity index (χ0) is 25.5. The fourth-order valence-electron chi connectivity index (χ4n) is 4.51. The van der Waals surface area contributed by atoms with Gasteiger partial charge in [0.05, 0.1) is 33.2 Å². The minimum atomic E-state index is -4.05. The molecule has 36 heavy (non-hydrogen) atoms. The zero-order valence-electron chi connectivity index (χ0n) is 19.1. The van der Waals surface area contributed by atoms with Gasteiger partial charge in [0.1, 0.15) is 4.70 Å². The number of benzene rings is 2. The molecule has 5 rings (SSSR count). The molecule has 0 spiro atoms. The quantitative estimate of drug-likeness (QED) is 0.281. The van der Waals surface area contributed by atoms with Crippen molar-refractivity contribution in [2.75, 3.05) is 18.1 Å². The van der Waals surface area contributed by atoms with Crippen molar-refractivity contribution in [1.29, 1.82) is 0 Å². The second kappa shape index (κ2) is 10.3. The van der Waals surface area contributed by atoms with Crippen LogP contribution in [0, 0.1) is 0 Å². The molecule has 1 fully saturated rings. The van der Waals surface area contributed by atoms with E-state index < -0.39 is 20.2 Å². The van der Waals surface area contributed by atoms with Crippen LogP contribution in [0.3, 0.4) is 0 Å². The third-order valence-corrected chi connectivity index (χ3v) is 11.7. The highest BCUT2D eigenvalue weighted by Crippen LogP contribution is 2.60. The number of thiazole rings is 1. The Morgan fingerprint density at radius 1 is 0.917 bits per heavy atom. The molecule has 0 bridgehead atoms. The van der Waals surface area contributed by atoms with Gasteiger partial charge in [-0.3, -0.25) is 9.11 Å². The smallest absolute Gasteiger partial charge is 0.265 e. The summed E-state index contributed by atoms with van der Waals surface area (Å²) in [5.41, 5.74) is 2.25. The van der Waals surface area contributed by atoms with Crippen molar-refractivity contribution in [3.8, 4) is 0 Å². The van der Waals surface area contributed by atoms with E-state index in [2.05, 4.69) is 27.7 Å². The molecule has 0 amide bonds. The first-order valence-electron chi connectivity index (χ1n) is 11.3. The zero-order valence-corrected chi connectivity index (χ0v) is 23.1. The summed E-state index contributed by atoms with van der Waals surface area (Å²) in [6, 6.07) is 16.2. The highest BCUT2D eigenvalue weighted by atomic mass is 32.2. The number of hydrogen-bond acceptors (Lipinski definition) is 8. The number of aryl methyl sites for hydroxylation is 1. The molecule has 192 valence electrons. The van der Waals surface area contributed by atoms with E-state index in [-0.39, 0.29) is 28.6 Å². The third-order valence-electron chi connectivity index (χ3n) is 6.04. The molecule has 1 saturated heterocycles. The number of hydrogen-bond donors (Lipinski definition) is 2. The van der Waals surface area contributed by atoms with Gasteiger partial charge in [0.2, 0.25) is 5.52 Å². The minimum Gasteiger partial charge on any atom is -0.352 e. The van der Waals surface area contributed by atoms with Gasteiger partial charge in [-0.05, 0) is 24.1 Å². The van der Waals surface area contributed by atoms with E-state index in [4.69, 9.17) is 0 Å². The Morgan fingerprint density at radius 2 is 1.61 bits per heavy atom. The molecule has 2 aliphatic heterocycles. The fraction of sp³-hybridized carbons (Fsp3) is 0.348. The second-order valence-electron chi connectivity index (χ2n) is 8.60. The van der Waals surface area contributed by atoms with E-state index >= 15 is 0 Å². The summed E-state index contributed by atoms with van der Waals surface area (Å²) in [6.07, 6.45) is 2.68. The predicted octanol–water partition coefficient (Wildman–Crippen LogP) is 4.26. The van der Waals surface area contributed by atoms with Crippen molar-refractivity contribution in [3.05, 3.63) is 64.1 Å². The molecule has 2 atom stereocenters. The Hall–Kier alpha value is -1.61. The summed E-state index contributed by atoms with van der Waals surface area (Å²) in [6.45, 7) is 0.912. The van der Waals surface area contributed by atoms with E-state index in [0.29, 0.717) is 19.5 Å². The van der Waals surface area contributed by atoms with Crippen molar-refractivity contribution in [1.82, 2.24) is 4.90 Å². The van der Waals surface area contributed by atoms with Gasteiger partial charge < -0.3 is 4.90 Å². The maximum absolute atomic E-state index is 11.3. The number of aromatic nitrogens is 1. The van der Waals surface area contributed by atoms with Gasteiger partial charge in [0, 0.05) is 23.9 Å². The molecule has 0 radical (unpaired) electrons. The molecule has 2 N–H and O–H groups in total. The van der Waals surface area contributed by atoms with Gasteiger partial charge >= 0.3 is 0 Å². The van der Waals surface area contributed by atoms with E-state index in [1.165, 1.54) is 10.5 Å². The van der Waals surface area contributed by atoms with Crippen LogP contribution in [-0.2, 0) is 26.8 Å². The highest BCUT2D eigenvalue weighted by molar-refractivity contribution is 8.07. The standard InChI is InChI=1S/C23H24N2O6S5/c26-35(27,28)13-5-11-24-17-8-2-4-10-19(17)32-20(24)15-21-25(12-6-14-36(29,30)31)23-22(34-21)16-7-1-3-9-18(16)33-23/h1-4,7-10,15,22-23H,5-6,11-14H2,(H-,26,27,28,29,30,31)/p+1. The highest BCUT2D eigenvalue weighted by Gasteiger charge is 2.45. The van der Waals surface area contributed by atoms with Crippen LogP contribution in [0.5, 0.6) is 0 Å². The van der Waals surface area contributed by atoms with E-state index in [9.17, 15) is 25.9 Å². The lowest BCUT2D eigenvalue weighted by molar-refractivity contribution is -0.668. The summed E-state index contributed by atoms with van der Waals surface area (Å²) < 4.78 is 66.8. The summed E-state index contributed by atoms with van der Waals surface area (Å²) in [5, 5.41) is 2.28. The number of para-hydroxylation sites is 1. The van der Waals surface area contributed by atoms with Gasteiger partial charge in [-0.2, -0.15) is 21.4 Å². The average Bonchev–Trinajstić information content (AvgIpc) is 3.43. The average molecular weight is 586 g/mol. The third kappa shape index (κ3) is 5.77. The first-order valence-corrected chi connectivity index (χ1v) is 17.1. The molecule has 2 unspecified atom stereocenters. The van der Waals surface area contributed by atoms with Crippen molar-refractivity contribution in [2.45, 2.75) is 34.9 Å². The molecular weight excluding hydrogens is 561 g/mol. The van der Waals surface area contributed by atoms with Crippen LogP contribution in [0.4, 0.5) is 0 Å². The second-order valence-corrected chi connectivity index (χ2v) is 15.1. The number of thioether (sulfide) groups is 2. The molecule has 0 saturated carbocycles. The maximum atomic E-state index is 11.3.